The first-order valence-corrected chi connectivity index (χ1v) is 5.34. The Bertz CT molecular complexity index is 388. The Morgan fingerprint density at radius 1 is 1.47 bits per heavy atom. The summed E-state index contributed by atoms with van der Waals surface area (Å²) in [5.41, 5.74) is 2.76. The van der Waals surface area contributed by atoms with Crippen LogP contribution in [0.4, 0.5) is 0 Å². The van der Waals surface area contributed by atoms with Crippen molar-refractivity contribution in [1.82, 2.24) is 5.43 Å². The average Bonchev–Trinajstić information content (AvgIpc) is 2.16. The number of rotatable bonds is 2. The molecular formula is C11H13ClN2O. The van der Waals surface area contributed by atoms with E-state index in [-0.39, 0.29) is 5.91 Å². The number of benzene rings is 1. The van der Waals surface area contributed by atoms with Crippen molar-refractivity contribution < 1.29 is 4.79 Å². The molecule has 3 N–H and O–H groups in total. The minimum atomic E-state index is -0.445. The lowest BCUT2D eigenvalue weighted by molar-refractivity contribution is -0.130. The Labute approximate surface area is 93.6 Å². The van der Waals surface area contributed by atoms with Crippen LogP contribution in [0.25, 0.3) is 0 Å². The third-order valence-electron chi connectivity index (χ3n) is 3.15. The number of amides is 1. The summed E-state index contributed by atoms with van der Waals surface area (Å²) in [4.78, 5) is 11.7. The van der Waals surface area contributed by atoms with Crippen molar-refractivity contribution in [1.29, 1.82) is 0 Å². The van der Waals surface area contributed by atoms with Crippen LogP contribution in [-0.4, -0.2) is 5.91 Å². The molecule has 1 aliphatic carbocycles. The molecule has 1 aromatic rings. The highest BCUT2D eigenvalue weighted by atomic mass is 35.5. The van der Waals surface area contributed by atoms with Gasteiger partial charge in [0.25, 0.3) is 0 Å². The second kappa shape index (κ2) is 3.83. The second-order valence-electron chi connectivity index (χ2n) is 3.92. The Morgan fingerprint density at radius 2 is 2.20 bits per heavy atom. The molecule has 0 radical (unpaired) electrons. The summed E-state index contributed by atoms with van der Waals surface area (Å²) in [7, 11) is 0. The van der Waals surface area contributed by atoms with Crippen LogP contribution in [0.1, 0.15) is 24.8 Å². The summed E-state index contributed by atoms with van der Waals surface area (Å²) in [5, 5.41) is 0.656. The van der Waals surface area contributed by atoms with Crippen LogP contribution < -0.4 is 11.3 Å². The third-order valence-corrected chi connectivity index (χ3v) is 3.39. The summed E-state index contributed by atoms with van der Waals surface area (Å²) < 4.78 is 0. The molecule has 0 heterocycles. The highest BCUT2D eigenvalue weighted by Gasteiger charge is 2.45. The lowest BCUT2D eigenvalue weighted by atomic mass is 9.64. The van der Waals surface area contributed by atoms with Crippen LogP contribution >= 0.6 is 11.6 Å². The zero-order valence-corrected chi connectivity index (χ0v) is 9.05. The van der Waals surface area contributed by atoms with E-state index in [4.69, 9.17) is 17.4 Å². The molecule has 0 saturated heterocycles. The van der Waals surface area contributed by atoms with Crippen molar-refractivity contribution in [3.05, 3.63) is 34.9 Å². The molecule has 1 aromatic carbocycles. The first-order chi connectivity index (χ1) is 7.19. The van der Waals surface area contributed by atoms with Crippen LogP contribution in [0.5, 0.6) is 0 Å². The van der Waals surface area contributed by atoms with Gasteiger partial charge >= 0.3 is 0 Å². The van der Waals surface area contributed by atoms with Crippen molar-refractivity contribution in [2.75, 3.05) is 0 Å². The molecule has 0 aromatic heterocycles. The largest absolute Gasteiger partial charge is 0.293 e. The van der Waals surface area contributed by atoms with Crippen molar-refractivity contribution in [2.24, 2.45) is 5.84 Å². The summed E-state index contributed by atoms with van der Waals surface area (Å²) in [6, 6.07) is 7.44. The van der Waals surface area contributed by atoms with Gasteiger partial charge in [0.2, 0.25) is 5.91 Å². The first kappa shape index (κ1) is 10.5. The van der Waals surface area contributed by atoms with E-state index >= 15 is 0 Å². The van der Waals surface area contributed by atoms with Crippen molar-refractivity contribution in [2.45, 2.75) is 24.7 Å². The molecule has 4 heteroatoms. The Balaban J connectivity index is 2.38. The minimum Gasteiger partial charge on any atom is -0.293 e. The molecule has 0 bridgehead atoms. The Morgan fingerprint density at radius 3 is 2.67 bits per heavy atom. The highest BCUT2D eigenvalue weighted by molar-refractivity contribution is 6.30. The van der Waals surface area contributed by atoms with Gasteiger partial charge in [-0.25, -0.2) is 5.84 Å². The number of halogens is 1. The monoisotopic (exact) mass is 224 g/mol. The lowest BCUT2D eigenvalue weighted by Crippen LogP contribution is -2.51. The third kappa shape index (κ3) is 1.62. The summed E-state index contributed by atoms with van der Waals surface area (Å²) in [6.45, 7) is 0. The zero-order chi connectivity index (χ0) is 10.9. The van der Waals surface area contributed by atoms with Gasteiger partial charge in [0.1, 0.15) is 0 Å². The van der Waals surface area contributed by atoms with Crippen LogP contribution in [-0.2, 0) is 10.2 Å². The highest BCUT2D eigenvalue weighted by Crippen LogP contribution is 2.44. The average molecular weight is 225 g/mol. The molecule has 0 atom stereocenters. The molecule has 1 saturated carbocycles. The van der Waals surface area contributed by atoms with Crippen LogP contribution in [0, 0.1) is 0 Å². The van der Waals surface area contributed by atoms with Gasteiger partial charge in [0.15, 0.2) is 0 Å². The SMILES string of the molecule is NNC(=O)C1(c2cccc(Cl)c2)CCC1. The predicted octanol–water partition coefficient (Wildman–Crippen LogP) is 1.75. The predicted molar refractivity (Wildman–Crippen MR) is 59.3 cm³/mol. The number of hydrogen-bond acceptors (Lipinski definition) is 2. The quantitative estimate of drug-likeness (QED) is 0.457. The van der Waals surface area contributed by atoms with E-state index in [0.29, 0.717) is 5.02 Å². The zero-order valence-electron chi connectivity index (χ0n) is 8.29. The first-order valence-electron chi connectivity index (χ1n) is 4.96. The number of nitrogens with one attached hydrogen (secondary N) is 1. The van der Waals surface area contributed by atoms with E-state index in [1.54, 1.807) is 6.07 Å². The lowest BCUT2D eigenvalue weighted by Gasteiger charge is -2.40. The van der Waals surface area contributed by atoms with Gasteiger partial charge in [-0.15, -0.1) is 0 Å². The summed E-state index contributed by atoms with van der Waals surface area (Å²) in [6.07, 6.45) is 2.74. The van der Waals surface area contributed by atoms with Gasteiger partial charge in [-0.2, -0.15) is 0 Å². The van der Waals surface area contributed by atoms with Crippen molar-refractivity contribution in [3.8, 4) is 0 Å². The number of hydrogen-bond donors (Lipinski definition) is 2. The number of nitrogens with two attached hydrogens (primary N) is 1. The van der Waals surface area contributed by atoms with Crippen molar-refractivity contribution in [3.63, 3.8) is 0 Å². The Kier molecular flexibility index (Phi) is 2.67. The number of hydrazine groups is 1. The summed E-state index contributed by atoms with van der Waals surface area (Å²) >= 11 is 5.92. The molecule has 15 heavy (non-hydrogen) atoms. The second-order valence-corrected chi connectivity index (χ2v) is 4.36. The standard InChI is InChI=1S/C11H13ClN2O/c12-9-4-1-3-8(7-9)11(5-2-6-11)10(15)14-13/h1,3-4,7H,2,5-6,13H2,(H,14,15). The topological polar surface area (TPSA) is 55.1 Å². The van der Waals surface area contributed by atoms with Gasteiger partial charge < -0.3 is 0 Å². The molecule has 0 unspecified atom stereocenters. The van der Waals surface area contributed by atoms with E-state index in [2.05, 4.69) is 5.43 Å². The molecule has 1 aliphatic rings. The van der Waals surface area contributed by atoms with Crippen LogP contribution in [0.2, 0.25) is 5.02 Å². The smallest absolute Gasteiger partial charge is 0.244 e. The fourth-order valence-electron chi connectivity index (χ4n) is 2.10. The van der Waals surface area contributed by atoms with Gasteiger partial charge in [0.05, 0.1) is 5.41 Å². The fourth-order valence-corrected chi connectivity index (χ4v) is 2.29. The van der Waals surface area contributed by atoms with Gasteiger partial charge in [-0.1, -0.05) is 30.2 Å². The van der Waals surface area contributed by atoms with Gasteiger partial charge in [-0.3, -0.25) is 10.2 Å². The molecule has 0 aliphatic heterocycles. The molecule has 2 rings (SSSR count). The summed E-state index contributed by atoms with van der Waals surface area (Å²) in [5.74, 6) is 5.10. The van der Waals surface area contributed by atoms with E-state index in [1.165, 1.54) is 0 Å². The molecule has 1 fully saturated rings. The van der Waals surface area contributed by atoms with E-state index in [9.17, 15) is 4.79 Å². The fraction of sp³-hybridized carbons (Fsp3) is 0.364. The van der Waals surface area contributed by atoms with Crippen molar-refractivity contribution >= 4 is 17.5 Å². The normalized spacial score (nSPS) is 18.0. The van der Waals surface area contributed by atoms with Crippen LogP contribution in [0.3, 0.4) is 0 Å². The molecule has 0 spiro atoms. The molecule has 1 amide bonds. The van der Waals surface area contributed by atoms with Gasteiger partial charge in [-0.05, 0) is 30.5 Å². The maximum Gasteiger partial charge on any atom is 0.244 e. The van der Waals surface area contributed by atoms with E-state index in [1.807, 2.05) is 18.2 Å². The van der Waals surface area contributed by atoms with Gasteiger partial charge in [0, 0.05) is 5.02 Å². The maximum atomic E-state index is 11.7. The molecule has 3 nitrogen and oxygen atoms in total. The van der Waals surface area contributed by atoms with E-state index in [0.717, 1.165) is 24.8 Å². The molecule has 80 valence electrons. The minimum absolute atomic E-state index is 0.115. The van der Waals surface area contributed by atoms with Crippen LogP contribution in [0.15, 0.2) is 24.3 Å². The number of carbonyl (C=O) groups excluding carboxylic acids is 1. The molecular weight excluding hydrogens is 212 g/mol. The van der Waals surface area contributed by atoms with E-state index < -0.39 is 5.41 Å². The number of carbonyl (C=O) groups is 1. The maximum absolute atomic E-state index is 11.7. The Hall–Kier alpha value is -1.06.